The minimum absolute atomic E-state index is 0.0198. The van der Waals surface area contributed by atoms with Crippen molar-refractivity contribution in [2.24, 2.45) is 0 Å². The zero-order valence-electron chi connectivity index (χ0n) is 13.1. The minimum Gasteiger partial charge on any atom is -0.396 e. The molecule has 4 rings (SSSR count). The van der Waals surface area contributed by atoms with Crippen molar-refractivity contribution in [2.45, 2.75) is 13.0 Å². The van der Waals surface area contributed by atoms with Crippen LogP contribution in [0.3, 0.4) is 0 Å². The average Bonchev–Trinajstić information content (AvgIpc) is 3.07. The molecule has 0 saturated heterocycles. The van der Waals surface area contributed by atoms with Crippen molar-refractivity contribution in [3.05, 3.63) is 58.2 Å². The lowest BCUT2D eigenvalue weighted by Crippen LogP contribution is -2.22. The second-order valence-corrected chi connectivity index (χ2v) is 6.03. The molecule has 0 amide bonds. The average molecular weight is 356 g/mol. The summed E-state index contributed by atoms with van der Waals surface area (Å²) in [7, 11) is 0. The summed E-state index contributed by atoms with van der Waals surface area (Å²) in [6, 6.07) is 9.01. The number of aryl methyl sites for hydroxylation is 1. The molecule has 8 heteroatoms. The van der Waals surface area contributed by atoms with Crippen LogP contribution in [-0.4, -0.2) is 35.9 Å². The van der Waals surface area contributed by atoms with E-state index >= 15 is 0 Å². The smallest absolute Gasteiger partial charge is 0.262 e. The molecule has 4 aromatic rings. The van der Waals surface area contributed by atoms with Gasteiger partial charge in [-0.15, -0.1) is 0 Å². The van der Waals surface area contributed by atoms with E-state index in [2.05, 4.69) is 15.1 Å². The Morgan fingerprint density at radius 3 is 2.92 bits per heavy atom. The maximum atomic E-state index is 13.0. The van der Waals surface area contributed by atoms with E-state index in [0.29, 0.717) is 40.4 Å². The topological polar surface area (TPSA) is 85.3 Å². The summed E-state index contributed by atoms with van der Waals surface area (Å²) < 4.78 is 3.11. The maximum absolute atomic E-state index is 13.0. The van der Waals surface area contributed by atoms with E-state index in [4.69, 9.17) is 16.7 Å². The van der Waals surface area contributed by atoms with E-state index in [0.717, 1.165) is 5.56 Å². The van der Waals surface area contributed by atoms with Crippen LogP contribution >= 0.6 is 11.6 Å². The van der Waals surface area contributed by atoms with Gasteiger partial charge in [0.05, 0.1) is 16.6 Å². The number of pyridine rings is 1. The number of aromatic nitrogens is 5. The fourth-order valence-corrected chi connectivity index (χ4v) is 3.07. The predicted octanol–water partition coefficient (Wildman–Crippen LogP) is 2.14. The number of aliphatic hydroxyl groups is 1. The highest BCUT2D eigenvalue weighted by Gasteiger charge is 2.17. The van der Waals surface area contributed by atoms with Crippen LogP contribution in [0.1, 0.15) is 6.42 Å². The number of fused-ring (bicyclic) bond motifs is 2. The SMILES string of the molecule is O=c1c2c(-c3cccc(Cl)c3)n3ncnc3nc2ccn1CCCO. The van der Waals surface area contributed by atoms with Gasteiger partial charge in [-0.2, -0.15) is 14.6 Å². The largest absolute Gasteiger partial charge is 0.396 e. The van der Waals surface area contributed by atoms with Crippen molar-refractivity contribution in [1.82, 2.24) is 24.1 Å². The van der Waals surface area contributed by atoms with Crippen LogP contribution in [0.25, 0.3) is 27.9 Å². The minimum atomic E-state index is -0.189. The Kier molecular flexibility index (Phi) is 3.95. The highest BCUT2D eigenvalue weighted by molar-refractivity contribution is 6.30. The monoisotopic (exact) mass is 355 g/mol. The molecule has 0 aliphatic rings. The summed E-state index contributed by atoms with van der Waals surface area (Å²) in [6.07, 6.45) is 3.58. The number of hydrogen-bond acceptors (Lipinski definition) is 5. The van der Waals surface area contributed by atoms with Gasteiger partial charge >= 0.3 is 0 Å². The quantitative estimate of drug-likeness (QED) is 0.606. The first-order chi connectivity index (χ1) is 12.2. The molecule has 0 saturated carbocycles. The molecular formula is C17H14ClN5O2. The molecule has 3 heterocycles. The third-order valence-corrected chi connectivity index (χ3v) is 4.23. The molecule has 0 atom stereocenters. The number of halogens is 1. The fourth-order valence-electron chi connectivity index (χ4n) is 2.88. The van der Waals surface area contributed by atoms with Crippen LogP contribution in [0, 0.1) is 0 Å². The molecular weight excluding hydrogens is 342 g/mol. The summed E-state index contributed by atoms with van der Waals surface area (Å²) in [6.45, 7) is 0.446. The molecule has 0 radical (unpaired) electrons. The summed E-state index contributed by atoms with van der Waals surface area (Å²) >= 11 is 6.14. The molecule has 25 heavy (non-hydrogen) atoms. The van der Waals surface area contributed by atoms with Gasteiger partial charge in [-0.1, -0.05) is 23.7 Å². The van der Waals surface area contributed by atoms with E-state index < -0.39 is 0 Å². The van der Waals surface area contributed by atoms with E-state index in [-0.39, 0.29) is 12.2 Å². The van der Waals surface area contributed by atoms with Gasteiger partial charge in [0.1, 0.15) is 6.33 Å². The molecule has 0 bridgehead atoms. The van der Waals surface area contributed by atoms with Crippen molar-refractivity contribution in [1.29, 1.82) is 0 Å². The highest BCUT2D eigenvalue weighted by Crippen LogP contribution is 2.27. The van der Waals surface area contributed by atoms with Crippen molar-refractivity contribution in [3.8, 4) is 11.3 Å². The second-order valence-electron chi connectivity index (χ2n) is 5.59. The molecule has 126 valence electrons. The zero-order valence-corrected chi connectivity index (χ0v) is 13.9. The normalized spacial score (nSPS) is 11.4. The molecule has 7 nitrogen and oxygen atoms in total. The van der Waals surface area contributed by atoms with Crippen LogP contribution in [0.5, 0.6) is 0 Å². The third-order valence-electron chi connectivity index (χ3n) is 4.00. The van der Waals surface area contributed by atoms with Gasteiger partial charge in [-0.05, 0) is 24.6 Å². The molecule has 3 aromatic heterocycles. The fraction of sp³-hybridized carbons (Fsp3) is 0.176. The Morgan fingerprint density at radius 2 is 2.12 bits per heavy atom. The highest BCUT2D eigenvalue weighted by atomic mass is 35.5. The van der Waals surface area contributed by atoms with Crippen LogP contribution in [0.4, 0.5) is 0 Å². The Morgan fingerprint density at radius 1 is 1.24 bits per heavy atom. The predicted molar refractivity (Wildman–Crippen MR) is 94.7 cm³/mol. The van der Waals surface area contributed by atoms with Crippen molar-refractivity contribution < 1.29 is 5.11 Å². The van der Waals surface area contributed by atoms with Gasteiger partial charge in [-0.3, -0.25) is 4.79 Å². The van der Waals surface area contributed by atoms with Gasteiger partial charge in [0, 0.05) is 29.9 Å². The second kappa shape index (κ2) is 6.27. The number of hydrogen-bond donors (Lipinski definition) is 1. The summed E-state index contributed by atoms with van der Waals surface area (Å²) in [5.41, 5.74) is 1.71. The lowest BCUT2D eigenvalue weighted by Gasteiger charge is -2.11. The van der Waals surface area contributed by atoms with Crippen LogP contribution in [-0.2, 0) is 6.54 Å². The maximum Gasteiger partial charge on any atom is 0.262 e. The zero-order chi connectivity index (χ0) is 17.4. The number of benzene rings is 1. The number of nitrogens with zero attached hydrogens (tertiary/aromatic N) is 5. The van der Waals surface area contributed by atoms with Crippen LogP contribution in [0.15, 0.2) is 47.7 Å². The summed E-state index contributed by atoms with van der Waals surface area (Å²) in [5.74, 6) is 0.412. The summed E-state index contributed by atoms with van der Waals surface area (Å²) in [4.78, 5) is 21.6. The van der Waals surface area contributed by atoms with Gasteiger partial charge in [0.25, 0.3) is 11.3 Å². The first kappa shape index (κ1) is 15.7. The summed E-state index contributed by atoms with van der Waals surface area (Å²) in [5, 5.41) is 14.3. The van der Waals surface area contributed by atoms with Crippen LogP contribution in [0.2, 0.25) is 5.02 Å². The standard InChI is InChI=1S/C17H14ClN5O2/c18-12-4-1-3-11(9-12)15-14-13(21-17-19-10-20-23(15)17)5-7-22(16(14)25)6-2-8-24/h1,3-5,7,9-10,24H,2,6,8H2. The first-order valence-corrected chi connectivity index (χ1v) is 8.16. The Bertz CT molecular complexity index is 1130. The molecule has 0 aliphatic heterocycles. The lowest BCUT2D eigenvalue weighted by atomic mass is 10.1. The van der Waals surface area contributed by atoms with Crippen molar-refractivity contribution >= 4 is 28.3 Å². The Hall–Kier alpha value is -2.77. The molecule has 1 aromatic carbocycles. The molecule has 0 fully saturated rings. The Labute approximate surface area is 147 Å². The van der Waals surface area contributed by atoms with E-state index in [1.54, 1.807) is 33.5 Å². The number of rotatable bonds is 4. The molecule has 0 spiro atoms. The van der Waals surface area contributed by atoms with E-state index in [9.17, 15) is 4.79 Å². The molecule has 1 N–H and O–H groups in total. The van der Waals surface area contributed by atoms with Gasteiger partial charge in [-0.25, -0.2) is 4.98 Å². The third kappa shape index (κ3) is 2.67. The molecule has 0 unspecified atom stereocenters. The Balaban J connectivity index is 2.11. The van der Waals surface area contributed by atoms with Gasteiger partial charge in [0.2, 0.25) is 0 Å². The number of aliphatic hydroxyl groups excluding tert-OH is 1. The first-order valence-electron chi connectivity index (χ1n) is 7.79. The lowest BCUT2D eigenvalue weighted by molar-refractivity contribution is 0.279. The van der Waals surface area contributed by atoms with Gasteiger partial charge < -0.3 is 9.67 Å². The van der Waals surface area contributed by atoms with E-state index in [1.165, 1.54) is 6.33 Å². The van der Waals surface area contributed by atoms with Crippen LogP contribution < -0.4 is 5.56 Å². The molecule has 0 aliphatic carbocycles. The van der Waals surface area contributed by atoms with Gasteiger partial charge in [0.15, 0.2) is 0 Å². The van der Waals surface area contributed by atoms with Crippen molar-refractivity contribution in [3.63, 3.8) is 0 Å². The van der Waals surface area contributed by atoms with E-state index in [1.807, 2.05) is 12.1 Å². The van der Waals surface area contributed by atoms with Crippen molar-refractivity contribution in [2.75, 3.05) is 6.61 Å².